The minimum absolute atomic E-state index is 0.0890. The third-order valence-corrected chi connectivity index (χ3v) is 6.09. The molecule has 0 saturated carbocycles. The highest BCUT2D eigenvalue weighted by Gasteiger charge is 2.30. The lowest BCUT2D eigenvalue weighted by atomic mass is 9.98. The van der Waals surface area contributed by atoms with E-state index in [1.165, 1.54) is 10.5 Å². The number of nitrogens with one attached hydrogen (secondary N) is 2. The first-order valence-corrected chi connectivity index (χ1v) is 11.1. The average molecular weight is 411 g/mol. The van der Waals surface area contributed by atoms with Crippen molar-refractivity contribution in [3.05, 3.63) is 53.6 Å². The van der Waals surface area contributed by atoms with Gasteiger partial charge in [-0.05, 0) is 49.9 Å². The van der Waals surface area contributed by atoms with Gasteiger partial charge in [-0.25, -0.2) is 0 Å². The summed E-state index contributed by atoms with van der Waals surface area (Å²) in [6, 6.07) is 14.4. The van der Waals surface area contributed by atoms with Crippen molar-refractivity contribution >= 4 is 17.3 Å². The van der Waals surface area contributed by atoms with Gasteiger partial charge in [-0.1, -0.05) is 44.2 Å². The van der Waals surface area contributed by atoms with Crippen LogP contribution in [0.1, 0.15) is 44.7 Å². The first-order valence-electron chi connectivity index (χ1n) is 11.1. The van der Waals surface area contributed by atoms with E-state index in [0.29, 0.717) is 12.5 Å². The number of anilines is 2. The molecule has 0 bridgehead atoms. The van der Waals surface area contributed by atoms with Gasteiger partial charge in [0.15, 0.2) is 6.04 Å². The lowest BCUT2D eigenvalue weighted by molar-refractivity contribution is -0.914. The van der Waals surface area contributed by atoms with E-state index in [0.717, 1.165) is 48.9 Å². The Labute approximate surface area is 181 Å². The van der Waals surface area contributed by atoms with Crippen LogP contribution in [0.2, 0.25) is 0 Å². The number of quaternary nitrogens is 1. The normalized spacial score (nSPS) is 15.9. The lowest BCUT2D eigenvalue weighted by Crippen LogP contribution is -3.19. The molecular formula is C25H36N3O2+. The molecule has 30 heavy (non-hydrogen) atoms. The van der Waals surface area contributed by atoms with E-state index >= 15 is 0 Å². The number of nitrogens with zero attached hydrogens (tertiary/aromatic N) is 1. The minimum Gasteiger partial charge on any atom is -0.492 e. The van der Waals surface area contributed by atoms with Gasteiger partial charge in [0.2, 0.25) is 0 Å². The molecule has 1 amide bonds. The van der Waals surface area contributed by atoms with Crippen LogP contribution in [0.25, 0.3) is 0 Å². The summed E-state index contributed by atoms with van der Waals surface area (Å²) in [4.78, 5) is 16.8. The molecule has 5 nitrogen and oxygen atoms in total. The molecule has 0 spiro atoms. The van der Waals surface area contributed by atoms with Crippen molar-refractivity contribution in [1.29, 1.82) is 0 Å². The van der Waals surface area contributed by atoms with E-state index in [1.54, 1.807) is 0 Å². The quantitative estimate of drug-likeness (QED) is 0.737. The van der Waals surface area contributed by atoms with E-state index < -0.39 is 0 Å². The number of piperazine rings is 1. The lowest BCUT2D eigenvalue weighted by Gasteiger charge is -2.36. The van der Waals surface area contributed by atoms with E-state index in [2.05, 4.69) is 61.3 Å². The van der Waals surface area contributed by atoms with Crippen molar-refractivity contribution in [2.24, 2.45) is 0 Å². The van der Waals surface area contributed by atoms with Gasteiger partial charge in [0.25, 0.3) is 5.91 Å². The zero-order valence-electron chi connectivity index (χ0n) is 19.0. The number of rotatable bonds is 7. The molecule has 1 atom stereocenters. The van der Waals surface area contributed by atoms with Gasteiger partial charge in [0.05, 0.1) is 38.5 Å². The summed E-state index contributed by atoms with van der Waals surface area (Å²) >= 11 is 0. The fraction of sp³-hybridized carbons (Fsp3) is 0.480. The maximum absolute atomic E-state index is 13.1. The summed E-state index contributed by atoms with van der Waals surface area (Å²) in [6.45, 7) is 14.8. The number of amides is 1. The Kier molecular flexibility index (Phi) is 7.38. The van der Waals surface area contributed by atoms with Gasteiger partial charge in [-0.2, -0.15) is 0 Å². The molecule has 2 aromatic rings. The van der Waals surface area contributed by atoms with E-state index in [9.17, 15) is 4.79 Å². The molecule has 1 fully saturated rings. The van der Waals surface area contributed by atoms with Gasteiger partial charge in [-0.15, -0.1) is 0 Å². The van der Waals surface area contributed by atoms with Gasteiger partial charge >= 0.3 is 0 Å². The molecule has 2 aromatic carbocycles. The highest BCUT2D eigenvalue weighted by Crippen LogP contribution is 2.28. The van der Waals surface area contributed by atoms with Crippen molar-refractivity contribution in [3.63, 3.8) is 0 Å². The van der Waals surface area contributed by atoms with Crippen LogP contribution < -0.4 is 19.9 Å². The fourth-order valence-corrected chi connectivity index (χ4v) is 4.22. The Balaban J connectivity index is 1.63. The molecule has 1 aliphatic rings. The molecule has 3 rings (SSSR count). The summed E-state index contributed by atoms with van der Waals surface area (Å²) in [5.41, 5.74) is 4.45. The Morgan fingerprint density at radius 3 is 2.47 bits per heavy atom. The SMILES string of the molecule is CCOc1ccccc1N1CC[NH+]([C@@H](C)C(=O)Nc2c(C)cccc2C(C)C)CC1. The van der Waals surface area contributed by atoms with Crippen LogP contribution in [0.15, 0.2) is 42.5 Å². The molecule has 162 valence electrons. The second-order valence-electron chi connectivity index (χ2n) is 8.45. The molecular weight excluding hydrogens is 374 g/mol. The van der Waals surface area contributed by atoms with Crippen molar-refractivity contribution in [1.82, 2.24) is 0 Å². The van der Waals surface area contributed by atoms with Gasteiger partial charge in [0.1, 0.15) is 5.75 Å². The zero-order valence-corrected chi connectivity index (χ0v) is 19.0. The van der Waals surface area contributed by atoms with Crippen LogP contribution >= 0.6 is 0 Å². The molecule has 0 aliphatic carbocycles. The second kappa shape index (κ2) is 9.98. The highest BCUT2D eigenvalue weighted by molar-refractivity contribution is 5.95. The van der Waals surface area contributed by atoms with Crippen molar-refractivity contribution in [3.8, 4) is 5.75 Å². The molecule has 1 heterocycles. The number of ether oxygens (including phenoxy) is 1. The third-order valence-electron chi connectivity index (χ3n) is 6.09. The molecule has 2 N–H and O–H groups in total. The van der Waals surface area contributed by atoms with Crippen molar-refractivity contribution < 1.29 is 14.4 Å². The fourth-order valence-electron chi connectivity index (χ4n) is 4.22. The van der Waals surface area contributed by atoms with Crippen LogP contribution in [0.4, 0.5) is 11.4 Å². The van der Waals surface area contributed by atoms with Crippen molar-refractivity contribution in [2.75, 3.05) is 43.0 Å². The standard InChI is InChI=1S/C25H35N3O2/c1-6-30-23-13-8-7-12-22(23)28-16-14-27(15-17-28)20(5)25(29)26-24-19(4)10-9-11-21(24)18(2)3/h7-13,18,20H,6,14-17H2,1-5H3,(H,26,29)/p+1/t20-/m0/s1. The molecule has 1 saturated heterocycles. The summed E-state index contributed by atoms with van der Waals surface area (Å²) in [6.07, 6.45) is 0. The second-order valence-corrected chi connectivity index (χ2v) is 8.45. The Hall–Kier alpha value is -2.53. The van der Waals surface area contributed by atoms with Crippen LogP contribution in [-0.2, 0) is 4.79 Å². The number of aryl methyl sites for hydroxylation is 1. The smallest absolute Gasteiger partial charge is 0.282 e. The molecule has 1 aliphatic heterocycles. The van der Waals surface area contributed by atoms with Gasteiger partial charge < -0.3 is 19.9 Å². The number of hydrogen-bond donors (Lipinski definition) is 2. The number of benzene rings is 2. The number of hydrogen-bond acceptors (Lipinski definition) is 3. The summed E-state index contributed by atoms with van der Waals surface area (Å²) in [7, 11) is 0. The Morgan fingerprint density at radius 2 is 1.80 bits per heavy atom. The van der Waals surface area contributed by atoms with Crippen LogP contribution in [0.5, 0.6) is 5.75 Å². The number of para-hydroxylation sites is 3. The predicted molar refractivity (Wildman–Crippen MR) is 124 cm³/mol. The average Bonchev–Trinajstić information content (AvgIpc) is 2.75. The van der Waals surface area contributed by atoms with Gasteiger partial charge in [0, 0.05) is 5.69 Å². The maximum Gasteiger partial charge on any atom is 0.282 e. The predicted octanol–water partition coefficient (Wildman–Crippen LogP) is 3.25. The first-order chi connectivity index (χ1) is 14.4. The highest BCUT2D eigenvalue weighted by atomic mass is 16.5. The van der Waals surface area contributed by atoms with Crippen LogP contribution in [0, 0.1) is 6.92 Å². The monoisotopic (exact) mass is 410 g/mol. The van der Waals surface area contributed by atoms with Crippen molar-refractivity contribution in [2.45, 2.75) is 46.6 Å². The molecule has 0 unspecified atom stereocenters. The molecule has 0 radical (unpaired) electrons. The molecule has 5 heteroatoms. The Morgan fingerprint density at radius 1 is 1.10 bits per heavy atom. The van der Waals surface area contributed by atoms with Crippen LogP contribution in [0.3, 0.4) is 0 Å². The van der Waals surface area contributed by atoms with E-state index in [1.807, 2.05) is 26.0 Å². The number of carbonyl (C=O) groups is 1. The summed E-state index contributed by atoms with van der Waals surface area (Å²) in [5.74, 6) is 1.41. The topological polar surface area (TPSA) is 46.0 Å². The summed E-state index contributed by atoms with van der Waals surface area (Å²) < 4.78 is 5.80. The number of carbonyl (C=O) groups excluding carboxylic acids is 1. The first kappa shape index (κ1) is 22.2. The third kappa shape index (κ3) is 4.96. The largest absolute Gasteiger partial charge is 0.492 e. The van der Waals surface area contributed by atoms with E-state index in [-0.39, 0.29) is 11.9 Å². The van der Waals surface area contributed by atoms with Crippen LogP contribution in [-0.4, -0.2) is 44.7 Å². The van der Waals surface area contributed by atoms with E-state index in [4.69, 9.17) is 4.74 Å². The maximum atomic E-state index is 13.1. The molecule has 0 aromatic heterocycles. The Bertz CT molecular complexity index is 857. The zero-order chi connectivity index (χ0) is 21.7. The summed E-state index contributed by atoms with van der Waals surface area (Å²) in [5, 5.41) is 3.23. The minimum atomic E-state index is -0.0890. The van der Waals surface area contributed by atoms with Gasteiger partial charge in [-0.3, -0.25) is 4.79 Å².